The Morgan fingerprint density at radius 2 is 1.85 bits per heavy atom. The van der Waals surface area contributed by atoms with Crippen molar-refractivity contribution in [1.82, 2.24) is 29.5 Å². The van der Waals surface area contributed by atoms with E-state index >= 15 is 4.39 Å². The Morgan fingerprint density at radius 1 is 1.04 bits per heavy atom. The highest BCUT2D eigenvalue weighted by atomic mass is 35.5. The molecule has 14 heteroatoms. The van der Waals surface area contributed by atoms with Gasteiger partial charge in [-0.3, -0.25) is 0 Å². The standard InChI is InChI=1S/C38H49ClFN7O5/c1-22-11-12-25-19-47(29-10-8-9-14-50-29)43-33(25)30(22)31-28(39)16-27-34(32(31)40)41-36(51-21-26-20-44(7)13-15-49-26)42-35(27)45-17-24(3)46(18-23(45)2)37(48)52-38(4,5)6/h11-12,16,19,23-24,26,29H,8-10,13-15,17-18,20-21H2,1-7H3/t23?,24?,26-,29?/m0/s1. The third kappa shape index (κ3) is 7.37. The van der Waals surface area contributed by atoms with Gasteiger partial charge in [-0.15, -0.1) is 0 Å². The maximum atomic E-state index is 17.3. The number of hydrogen-bond acceptors (Lipinski definition) is 10. The predicted octanol–water partition coefficient (Wildman–Crippen LogP) is 6.99. The lowest BCUT2D eigenvalue weighted by molar-refractivity contribution is -0.0416. The van der Waals surface area contributed by atoms with Gasteiger partial charge >= 0.3 is 12.1 Å². The first-order valence-corrected chi connectivity index (χ1v) is 18.6. The predicted molar refractivity (Wildman–Crippen MR) is 199 cm³/mol. The normalized spacial score (nSPS) is 23.4. The summed E-state index contributed by atoms with van der Waals surface area (Å²) in [6.45, 7) is 15.3. The first-order chi connectivity index (χ1) is 24.8. The third-order valence-electron chi connectivity index (χ3n) is 10.1. The fourth-order valence-electron chi connectivity index (χ4n) is 7.41. The van der Waals surface area contributed by atoms with Crippen LogP contribution in [0.3, 0.4) is 0 Å². The van der Waals surface area contributed by atoms with Gasteiger partial charge in [0.05, 0.1) is 11.6 Å². The summed E-state index contributed by atoms with van der Waals surface area (Å²) in [7, 11) is 2.04. The van der Waals surface area contributed by atoms with Gasteiger partial charge in [0, 0.05) is 73.0 Å². The summed E-state index contributed by atoms with van der Waals surface area (Å²) in [5.74, 6) is -0.109. The number of halogens is 2. The number of hydrogen-bond donors (Lipinski definition) is 0. The molecule has 3 unspecified atom stereocenters. The molecule has 3 aliphatic rings. The average molecular weight is 738 g/mol. The Morgan fingerprint density at radius 3 is 2.58 bits per heavy atom. The van der Waals surface area contributed by atoms with Gasteiger partial charge in [0.25, 0.3) is 0 Å². The lowest BCUT2D eigenvalue weighted by atomic mass is 9.96. The molecule has 280 valence electrons. The first kappa shape index (κ1) is 36.6. The monoisotopic (exact) mass is 737 g/mol. The molecule has 7 rings (SSSR count). The van der Waals surface area contributed by atoms with Crippen LogP contribution in [0.4, 0.5) is 15.0 Å². The molecule has 0 radical (unpaired) electrons. The number of likely N-dealkylation sites (N-methyl/N-ethyl adjacent to an activating group) is 1. The van der Waals surface area contributed by atoms with Crippen molar-refractivity contribution >= 4 is 45.3 Å². The zero-order valence-corrected chi connectivity index (χ0v) is 31.9. The molecule has 12 nitrogen and oxygen atoms in total. The number of carbonyl (C=O) groups excluding carboxylic acids is 1. The van der Waals surface area contributed by atoms with Crippen LogP contribution in [0.5, 0.6) is 6.01 Å². The highest BCUT2D eigenvalue weighted by Crippen LogP contribution is 2.43. The second-order valence-corrected chi connectivity index (χ2v) is 15.9. The van der Waals surface area contributed by atoms with Crippen LogP contribution in [0.25, 0.3) is 32.9 Å². The third-order valence-corrected chi connectivity index (χ3v) is 10.4. The second-order valence-electron chi connectivity index (χ2n) is 15.4. The lowest BCUT2D eigenvalue weighted by Gasteiger charge is -2.45. The number of morpholine rings is 1. The Hall–Kier alpha value is -3.78. The van der Waals surface area contributed by atoms with E-state index in [1.54, 1.807) is 11.0 Å². The number of aromatic nitrogens is 4. The van der Waals surface area contributed by atoms with Crippen LogP contribution in [0.15, 0.2) is 24.4 Å². The van der Waals surface area contributed by atoms with Crippen LogP contribution in [-0.4, -0.2) is 112 Å². The van der Waals surface area contributed by atoms with Gasteiger partial charge in [0.15, 0.2) is 5.82 Å². The molecule has 3 fully saturated rings. The molecule has 2 aromatic heterocycles. The number of rotatable bonds is 6. The summed E-state index contributed by atoms with van der Waals surface area (Å²) in [5, 5.41) is 6.46. The molecule has 3 aliphatic heterocycles. The molecule has 1 amide bonds. The molecule has 2 aromatic carbocycles. The van der Waals surface area contributed by atoms with Crippen molar-refractivity contribution in [2.45, 2.75) is 90.8 Å². The van der Waals surface area contributed by atoms with E-state index in [1.807, 2.05) is 71.6 Å². The fourth-order valence-corrected chi connectivity index (χ4v) is 7.69. The van der Waals surface area contributed by atoms with Crippen LogP contribution in [0.2, 0.25) is 5.02 Å². The Balaban J connectivity index is 1.32. The minimum Gasteiger partial charge on any atom is -0.461 e. The minimum atomic E-state index is -0.625. The van der Waals surface area contributed by atoms with Crippen molar-refractivity contribution in [2.24, 2.45) is 0 Å². The molecule has 5 heterocycles. The van der Waals surface area contributed by atoms with Gasteiger partial charge in [-0.05, 0) is 79.5 Å². The second kappa shape index (κ2) is 14.6. The van der Waals surface area contributed by atoms with E-state index in [2.05, 4.69) is 14.8 Å². The molecule has 3 saturated heterocycles. The highest BCUT2D eigenvalue weighted by Gasteiger charge is 2.37. The maximum absolute atomic E-state index is 17.3. The van der Waals surface area contributed by atoms with Crippen molar-refractivity contribution in [1.29, 1.82) is 0 Å². The number of aryl methyl sites for hydroxylation is 1. The van der Waals surface area contributed by atoms with Crippen LogP contribution in [0, 0.1) is 12.7 Å². The number of anilines is 1. The zero-order chi connectivity index (χ0) is 36.9. The van der Waals surface area contributed by atoms with Crippen molar-refractivity contribution in [3.63, 3.8) is 0 Å². The summed E-state index contributed by atoms with van der Waals surface area (Å²) in [6, 6.07) is 5.30. The van der Waals surface area contributed by atoms with Crippen molar-refractivity contribution in [3.05, 3.63) is 40.8 Å². The largest absolute Gasteiger partial charge is 0.461 e. The average Bonchev–Trinajstić information content (AvgIpc) is 3.53. The molecule has 0 bridgehead atoms. The van der Waals surface area contributed by atoms with Crippen molar-refractivity contribution < 1.29 is 28.1 Å². The molecule has 4 atom stereocenters. The number of nitrogens with zero attached hydrogens (tertiary/aromatic N) is 7. The van der Waals surface area contributed by atoms with Gasteiger partial charge in [0.2, 0.25) is 0 Å². The first-order valence-electron chi connectivity index (χ1n) is 18.3. The summed E-state index contributed by atoms with van der Waals surface area (Å²) in [6.07, 6.45) is 4.17. The number of fused-ring (bicyclic) bond motifs is 2. The van der Waals surface area contributed by atoms with Crippen molar-refractivity contribution in [3.8, 4) is 17.1 Å². The number of carbonyl (C=O) groups is 1. The van der Waals surface area contributed by atoms with Gasteiger partial charge in [-0.1, -0.05) is 23.7 Å². The summed E-state index contributed by atoms with van der Waals surface area (Å²) in [5.41, 5.74) is 1.75. The lowest BCUT2D eigenvalue weighted by Crippen LogP contribution is -2.59. The van der Waals surface area contributed by atoms with Gasteiger partial charge in [-0.2, -0.15) is 15.1 Å². The number of piperazine rings is 1. The van der Waals surface area contributed by atoms with E-state index in [4.69, 9.17) is 40.6 Å². The Bertz CT molecular complexity index is 1960. The molecular formula is C38H49ClFN7O5. The number of ether oxygens (including phenoxy) is 4. The topological polar surface area (TPSA) is 107 Å². The van der Waals surface area contributed by atoms with Crippen LogP contribution >= 0.6 is 11.6 Å². The van der Waals surface area contributed by atoms with E-state index in [0.29, 0.717) is 55.1 Å². The summed E-state index contributed by atoms with van der Waals surface area (Å²) >= 11 is 7.09. The van der Waals surface area contributed by atoms with E-state index in [0.717, 1.165) is 36.8 Å². The minimum absolute atomic E-state index is 0.0366. The van der Waals surface area contributed by atoms with E-state index in [9.17, 15) is 4.79 Å². The van der Waals surface area contributed by atoms with Crippen LogP contribution in [-0.2, 0) is 14.2 Å². The van der Waals surface area contributed by atoms with E-state index in [-0.39, 0.29) is 59.2 Å². The summed E-state index contributed by atoms with van der Waals surface area (Å²) < 4.78 is 43.0. The van der Waals surface area contributed by atoms with Crippen molar-refractivity contribution in [2.75, 3.05) is 57.9 Å². The molecule has 0 aliphatic carbocycles. The van der Waals surface area contributed by atoms with E-state index < -0.39 is 11.4 Å². The quantitative estimate of drug-likeness (QED) is 0.206. The Kier molecular flexibility index (Phi) is 10.2. The van der Waals surface area contributed by atoms with Gasteiger partial charge < -0.3 is 33.6 Å². The highest BCUT2D eigenvalue weighted by molar-refractivity contribution is 6.35. The zero-order valence-electron chi connectivity index (χ0n) is 31.1. The fraction of sp³-hybridized carbons (Fsp3) is 0.579. The molecule has 4 aromatic rings. The Labute approximate surface area is 309 Å². The van der Waals surface area contributed by atoms with E-state index in [1.165, 1.54) is 0 Å². The summed E-state index contributed by atoms with van der Waals surface area (Å²) in [4.78, 5) is 28.7. The number of amides is 1. The van der Waals surface area contributed by atoms with Gasteiger partial charge in [-0.25, -0.2) is 13.9 Å². The smallest absolute Gasteiger partial charge is 0.410 e. The molecule has 0 spiro atoms. The number of benzene rings is 2. The SMILES string of the molecule is Cc1ccc2cn(C3CCCCO3)nc2c1-c1c(Cl)cc2c(N3CC(C)N(C(=O)OC(C)(C)C)CC3C)nc(OC[C@@H]3CN(C)CCO3)nc2c1F. The van der Waals surface area contributed by atoms with Crippen LogP contribution < -0.4 is 9.64 Å². The molecule has 0 saturated carbocycles. The van der Waals surface area contributed by atoms with Crippen LogP contribution in [0.1, 0.15) is 65.7 Å². The maximum Gasteiger partial charge on any atom is 0.410 e. The molecular weight excluding hydrogens is 689 g/mol. The van der Waals surface area contributed by atoms with Gasteiger partial charge in [0.1, 0.15) is 41.4 Å². The molecule has 0 N–H and O–H groups in total. The molecule has 52 heavy (non-hydrogen) atoms.